The molecule has 0 unspecified atom stereocenters. The van der Waals surface area contributed by atoms with Crippen LogP contribution in [-0.4, -0.2) is 34.9 Å². The van der Waals surface area contributed by atoms with Gasteiger partial charge in [-0.3, -0.25) is 4.79 Å². The predicted molar refractivity (Wildman–Crippen MR) is 109 cm³/mol. The maximum absolute atomic E-state index is 12.8. The summed E-state index contributed by atoms with van der Waals surface area (Å²) in [5.41, 5.74) is 2.06. The monoisotopic (exact) mass is 394 g/mol. The molecule has 0 radical (unpaired) electrons. The van der Waals surface area contributed by atoms with E-state index in [0.717, 1.165) is 21.7 Å². The van der Waals surface area contributed by atoms with Gasteiger partial charge in [0.2, 0.25) is 5.13 Å². The first kappa shape index (κ1) is 18.0. The number of carbonyl (C=O) groups excluding carboxylic acids is 1. The summed E-state index contributed by atoms with van der Waals surface area (Å²) in [6.45, 7) is 1.87. The molecule has 4 aromatic rings. The van der Waals surface area contributed by atoms with Crippen molar-refractivity contribution in [2.24, 2.45) is 0 Å². The number of carbonyl (C=O) groups is 1. The van der Waals surface area contributed by atoms with Gasteiger partial charge in [-0.1, -0.05) is 23.5 Å². The smallest absolute Gasteiger partial charge is 0.260 e. The van der Waals surface area contributed by atoms with Gasteiger partial charge >= 0.3 is 0 Å². The summed E-state index contributed by atoms with van der Waals surface area (Å²) in [7, 11) is 3.17. The minimum Gasteiger partial charge on any atom is -0.497 e. The molecule has 0 bridgehead atoms. The number of rotatable bonds is 5. The van der Waals surface area contributed by atoms with Crippen LogP contribution in [0.25, 0.3) is 15.3 Å². The van der Waals surface area contributed by atoms with Crippen LogP contribution >= 0.6 is 11.3 Å². The Morgan fingerprint density at radius 3 is 2.71 bits per heavy atom. The first-order valence-corrected chi connectivity index (χ1v) is 9.36. The summed E-state index contributed by atoms with van der Waals surface area (Å²) in [4.78, 5) is 17.4. The molecule has 1 amide bonds. The number of nitrogens with zero attached hydrogens (tertiary/aromatic N) is 3. The van der Waals surface area contributed by atoms with Gasteiger partial charge in [-0.25, -0.2) is 4.98 Å². The SMILES string of the molecule is COc1ccc2nc(-n3nc(C)cc3NC(=O)c3ccccc3OC)sc2c1. The number of hydrogen-bond donors (Lipinski definition) is 1. The number of ether oxygens (including phenoxy) is 2. The largest absolute Gasteiger partial charge is 0.497 e. The Hall–Kier alpha value is -3.39. The quantitative estimate of drug-likeness (QED) is 0.552. The molecule has 2 aromatic heterocycles. The Labute approximate surface area is 165 Å². The van der Waals surface area contributed by atoms with Gasteiger partial charge in [0.05, 0.1) is 35.7 Å². The van der Waals surface area contributed by atoms with Crippen molar-refractivity contribution in [3.05, 3.63) is 59.8 Å². The van der Waals surface area contributed by atoms with Crippen molar-refractivity contribution in [3.63, 3.8) is 0 Å². The molecule has 0 saturated carbocycles. The van der Waals surface area contributed by atoms with Crippen molar-refractivity contribution in [1.29, 1.82) is 0 Å². The van der Waals surface area contributed by atoms with Crippen LogP contribution in [0.5, 0.6) is 11.5 Å². The minimum atomic E-state index is -0.276. The van der Waals surface area contributed by atoms with Crippen molar-refractivity contribution in [2.45, 2.75) is 6.92 Å². The second kappa shape index (κ2) is 7.32. The van der Waals surface area contributed by atoms with Gasteiger partial charge in [0.25, 0.3) is 5.91 Å². The summed E-state index contributed by atoms with van der Waals surface area (Å²) < 4.78 is 13.2. The number of anilines is 1. The number of aromatic nitrogens is 3. The van der Waals surface area contributed by atoms with Gasteiger partial charge in [0.15, 0.2) is 0 Å². The lowest BCUT2D eigenvalue weighted by molar-refractivity contribution is 0.102. The van der Waals surface area contributed by atoms with E-state index in [4.69, 9.17) is 9.47 Å². The molecule has 0 aliphatic heterocycles. The lowest BCUT2D eigenvalue weighted by Crippen LogP contribution is -2.16. The van der Waals surface area contributed by atoms with Crippen LogP contribution in [0.1, 0.15) is 16.1 Å². The number of methoxy groups -OCH3 is 2. The van der Waals surface area contributed by atoms with E-state index in [0.29, 0.717) is 22.3 Å². The average molecular weight is 394 g/mol. The van der Waals surface area contributed by atoms with Gasteiger partial charge in [0.1, 0.15) is 17.3 Å². The van der Waals surface area contributed by atoms with Crippen LogP contribution < -0.4 is 14.8 Å². The third-order valence-corrected chi connectivity index (χ3v) is 5.18. The molecule has 2 aromatic carbocycles. The van der Waals surface area contributed by atoms with Crippen molar-refractivity contribution in [3.8, 4) is 16.6 Å². The molecular weight excluding hydrogens is 376 g/mol. The van der Waals surface area contributed by atoms with E-state index < -0.39 is 0 Å². The Morgan fingerprint density at radius 2 is 1.93 bits per heavy atom. The maximum atomic E-state index is 12.8. The van der Waals surface area contributed by atoms with Gasteiger partial charge in [-0.05, 0) is 37.3 Å². The normalized spacial score (nSPS) is 10.8. The van der Waals surface area contributed by atoms with E-state index >= 15 is 0 Å². The highest BCUT2D eigenvalue weighted by Crippen LogP contribution is 2.30. The Morgan fingerprint density at radius 1 is 1.11 bits per heavy atom. The third kappa shape index (κ3) is 3.29. The fourth-order valence-electron chi connectivity index (χ4n) is 2.86. The van der Waals surface area contributed by atoms with Crippen LogP contribution in [0.4, 0.5) is 5.82 Å². The second-order valence-electron chi connectivity index (χ2n) is 6.07. The lowest BCUT2D eigenvalue weighted by Gasteiger charge is -2.09. The van der Waals surface area contributed by atoms with Gasteiger partial charge in [-0.2, -0.15) is 9.78 Å². The Kier molecular flexibility index (Phi) is 4.70. The molecule has 0 spiro atoms. The van der Waals surface area contributed by atoms with Crippen LogP contribution in [0, 0.1) is 6.92 Å². The summed E-state index contributed by atoms with van der Waals surface area (Å²) in [5, 5.41) is 8.07. The van der Waals surface area contributed by atoms with Crippen molar-refractivity contribution >= 4 is 33.3 Å². The number of hydrogen-bond acceptors (Lipinski definition) is 6. The third-order valence-electron chi connectivity index (χ3n) is 4.19. The lowest BCUT2D eigenvalue weighted by atomic mass is 10.2. The molecule has 7 nitrogen and oxygen atoms in total. The predicted octanol–water partition coefficient (Wildman–Crippen LogP) is 4.06. The van der Waals surface area contributed by atoms with Crippen LogP contribution in [0.3, 0.4) is 0 Å². The Bertz CT molecular complexity index is 1170. The maximum Gasteiger partial charge on any atom is 0.260 e. The second-order valence-corrected chi connectivity index (χ2v) is 7.08. The van der Waals surface area contributed by atoms with E-state index in [-0.39, 0.29) is 5.91 Å². The van der Waals surface area contributed by atoms with Crippen LogP contribution in [-0.2, 0) is 0 Å². The number of amides is 1. The average Bonchev–Trinajstić information content (AvgIpc) is 3.29. The summed E-state index contributed by atoms with van der Waals surface area (Å²) >= 11 is 1.47. The van der Waals surface area contributed by atoms with Crippen LogP contribution in [0.15, 0.2) is 48.5 Å². The molecule has 8 heteroatoms. The molecule has 0 aliphatic rings. The van der Waals surface area contributed by atoms with E-state index in [1.165, 1.54) is 18.4 Å². The zero-order chi connectivity index (χ0) is 19.7. The molecule has 0 atom stereocenters. The highest BCUT2D eigenvalue weighted by molar-refractivity contribution is 7.20. The van der Waals surface area contributed by atoms with E-state index in [1.807, 2.05) is 31.2 Å². The van der Waals surface area contributed by atoms with E-state index in [2.05, 4.69) is 15.4 Å². The number of nitrogens with one attached hydrogen (secondary N) is 1. The topological polar surface area (TPSA) is 78.3 Å². The first-order chi connectivity index (χ1) is 13.6. The highest BCUT2D eigenvalue weighted by atomic mass is 32.1. The highest BCUT2D eigenvalue weighted by Gasteiger charge is 2.17. The minimum absolute atomic E-state index is 0.276. The van der Waals surface area contributed by atoms with E-state index in [9.17, 15) is 4.79 Å². The molecule has 0 fully saturated rings. The fraction of sp³-hybridized carbons (Fsp3) is 0.150. The van der Waals surface area contributed by atoms with Crippen molar-refractivity contribution < 1.29 is 14.3 Å². The van der Waals surface area contributed by atoms with Crippen molar-refractivity contribution in [2.75, 3.05) is 19.5 Å². The van der Waals surface area contributed by atoms with Gasteiger partial charge in [-0.15, -0.1) is 0 Å². The Balaban J connectivity index is 1.70. The standard InChI is InChI=1S/C20H18N4O3S/c1-12-10-18(22-19(25)14-6-4-5-7-16(14)27-3)24(23-12)20-21-15-9-8-13(26-2)11-17(15)28-20/h4-11H,1-3H3,(H,22,25). The zero-order valence-electron chi connectivity index (χ0n) is 15.6. The number of para-hydroxylation sites is 1. The number of benzene rings is 2. The fourth-order valence-corrected chi connectivity index (χ4v) is 3.82. The molecule has 2 heterocycles. The van der Waals surface area contributed by atoms with Gasteiger partial charge in [0, 0.05) is 6.07 Å². The number of aryl methyl sites for hydroxylation is 1. The zero-order valence-corrected chi connectivity index (χ0v) is 16.4. The summed E-state index contributed by atoms with van der Waals surface area (Å²) in [5.74, 6) is 1.54. The van der Waals surface area contributed by atoms with E-state index in [1.54, 1.807) is 36.1 Å². The molecule has 0 aliphatic carbocycles. The number of thiazole rings is 1. The molecule has 28 heavy (non-hydrogen) atoms. The summed E-state index contributed by atoms with van der Waals surface area (Å²) in [6, 6.07) is 14.6. The molecule has 0 saturated heterocycles. The number of fused-ring (bicyclic) bond motifs is 1. The van der Waals surface area contributed by atoms with Gasteiger partial charge < -0.3 is 14.8 Å². The molecule has 4 rings (SSSR count). The molecular formula is C20H18N4O3S. The van der Waals surface area contributed by atoms with Crippen LogP contribution in [0.2, 0.25) is 0 Å². The molecule has 142 valence electrons. The van der Waals surface area contributed by atoms with Crippen molar-refractivity contribution in [1.82, 2.24) is 14.8 Å². The summed E-state index contributed by atoms with van der Waals surface area (Å²) in [6.07, 6.45) is 0. The first-order valence-electron chi connectivity index (χ1n) is 8.55. The molecule has 1 N–H and O–H groups in total.